The molecule has 9 heteroatoms. The van der Waals surface area contributed by atoms with Gasteiger partial charge in [0.25, 0.3) is 0 Å². The lowest BCUT2D eigenvalue weighted by Crippen LogP contribution is -2.32. The molecule has 0 aliphatic heterocycles. The van der Waals surface area contributed by atoms with Crippen molar-refractivity contribution in [1.29, 1.82) is 0 Å². The summed E-state index contributed by atoms with van der Waals surface area (Å²) in [5.41, 5.74) is 3.50. The summed E-state index contributed by atoms with van der Waals surface area (Å²) in [6, 6.07) is 15.4. The summed E-state index contributed by atoms with van der Waals surface area (Å²) < 4.78 is 0. The van der Waals surface area contributed by atoms with Crippen LogP contribution < -0.4 is 0 Å². The van der Waals surface area contributed by atoms with Gasteiger partial charge in [-0.1, -0.05) is 47.5 Å². The van der Waals surface area contributed by atoms with Crippen LogP contribution in [0.25, 0.3) is 0 Å². The molecule has 1 unspecified atom stereocenters. The van der Waals surface area contributed by atoms with Crippen LogP contribution in [0.15, 0.2) is 72.3 Å². The maximum atomic E-state index is 14.9. The number of carbonyl (C=O) groups is 2. The fourth-order valence-electron chi connectivity index (χ4n) is 8.33. The van der Waals surface area contributed by atoms with Crippen LogP contribution in [0.2, 0.25) is 0 Å². The van der Waals surface area contributed by atoms with E-state index < -0.39 is 40.8 Å². The van der Waals surface area contributed by atoms with E-state index in [-0.39, 0.29) is 58.5 Å². The highest BCUT2D eigenvalue weighted by Gasteiger charge is 2.44. The van der Waals surface area contributed by atoms with Gasteiger partial charge in [0.1, 0.15) is 34.5 Å². The van der Waals surface area contributed by atoms with E-state index in [0.717, 1.165) is 16.7 Å². The van der Waals surface area contributed by atoms with Gasteiger partial charge in [0, 0.05) is 47.4 Å². The molecule has 52 heavy (non-hydrogen) atoms. The standard InChI is InChI=1S/C43H46O9/c1-22-7-10-29(23(2)14-22)41(50)39-32(31-12-9-28(45)21-35(31)47)15-24(6-5-13-43(3,4)52)16-33(39)40-37(49)19-26-17-25(18-36(48)38(26)42(40)51)30-11-8-27(44)20-34(30)46/h7-12,14,16,19-21,25,32-33,39,44-47,49,51-52H,5-6,13,15,17-18H2,1-4H3/t25?,32-,33-,39-/m0/s1. The molecule has 0 saturated heterocycles. The van der Waals surface area contributed by atoms with Crippen LogP contribution in [-0.4, -0.2) is 52.9 Å². The second-order valence-electron chi connectivity index (χ2n) is 15.2. The van der Waals surface area contributed by atoms with Gasteiger partial charge in [-0.3, -0.25) is 9.59 Å². The quantitative estimate of drug-likeness (QED) is 0.0670. The number of fused-ring (bicyclic) bond motifs is 1. The maximum absolute atomic E-state index is 14.9. The number of phenolic OH excluding ortho intramolecular Hbond substituents is 6. The first kappa shape index (κ1) is 36.5. The zero-order valence-electron chi connectivity index (χ0n) is 29.8. The first-order chi connectivity index (χ1) is 24.5. The molecule has 7 N–H and O–H groups in total. The van der Waals surface area contributed by atoms with Gasteiger partial charge in [-0.25, -0.2) is 0 Å². The summed E-state index contributed by atoms with van der Waals surface area (Å²) in [5.74, 6) is -5.02. The van der Waals surface area contributed by atoms with Crippen LogP contribution in [0.4, 0.5) is 0 Å². The molecule has 0 heterocycles. The molecule has 272 valence electrons. The van der Waals surface area contributed by atoms with Gasteiger partial charge in [-0.15, -0.1) is 0 Å². The molecule has 0 aromatic heterocycles. The monoisotopic (exact) mass is 706 g/mol. The number of rotatable bonds is 9. The molecule has 0 amide bonds. The van der Waals surface area contributed by atoms with Gasteiger partial charge in [-0.2, -0.15) is 0 Å². The molecule has 0 bridgehead atoms. The number of hydrogen-bond donors (Lipinski definition) is 7. The van der Waals surface area contributed by atoms with Gasteiger partial charge in [-0.05, 0) is 106 Å². The third-order valence-electron chi connectivity index (χ3n) is 10.7. The molecular formula is C43H46O9. The Kier molecular flexibility index (Phi) is 9.85. The molecule has 0 saturated carbocycles. The minimum Gasteiger partial charge on any atom is -0.508 e. The molecule has 0 radical (unpaired) electrons. The van der Waals surface area contributed by atoms with Crippen molar-refractivity contribution in [2.75, 3.05) is 0 Å². The Morgan fingerprint density at radius 2 is 1.44 bits per heavy atom. The number of phenols is 6. The van der Waals surface area contributed by atoms with Crippen molar-refractivity contribution < 1.29 is 45.3 Å². The minimum atomic E-state index is -0.954. The van der Waals surface area contributed by atoms with Crippen molar-refractivity contribution in [3.8, 4) is 34.5 Å². The predicted octanol–water partition coefficient (Wildman–Crippen LogP) is 8.09. The number of aliphatic hydroxyl groups is 1. The SMILES string of the molecule is Cc1ccc(C(=O)[C@@H]2[C@@H](c3c(O)cc4c(c3O)C(=O)CC(c3ccc(O)cc3O)C4)C=C(CCCC(C)(C)O)C[C@H]2c2ccc(O)cc2O)c(C)c1. The topological polar surface area (TPSA) is 176 Å². The van der Waals surface area contributed by atoms with Gasteiger partial charge in [0.2, 0.25) is 0 Å². The van der Waals surface area contributed by atoms with Crippen LogP contribution >= 0.6 is 0 Å². The van der Waals surface area contributed by atoms with Crippen LogP contribution in [0.5, 0.6) is 34.5 Å². The summed E-state index contributed by atoms with van der Waals surface area (Å²) in [6.07, 6.45) is 4.05. The van der Waals surface area contributed by atoms with E-state index in [4.69, 9.17) is 0 Å². The number of Topliss-reactive ketones (excluding diaryl/α,β-unsaturated/α-hetero) is 2. The third kappa shape index (κ3) is 7.23. The predicted molar refractivity (Wildman–Crippen MR) is 197 cm³/mol. The highest BCUT2D eigenvalue weighted by molar-refractivity contribution is 6.03. The highest BCUT2D eigenvalue weighted by atomic mass is 16.3. The summed E-state index contributed by atoms with van der Waals surface area (Å²) >= 11 is 0. The Labute approximate surface area is 303 Å². The smallest absolute Gasteiger partial charge is 0.167 e. The van der Waals surface area contributed by atoms with E-state index >= 15 is 0 Å². The molecule has 4 aromatic carbocycles. The molecule has 4 atom stereocenters. The first-order valence-corrected chi connectivity index (χ1v) is 17.7. The number of allylic oxidation sites excluding steroid dienone is 2. The number of hydrogen-bond acceptors (Lipinski definition) is 9. The van der Waals surface area contributed by atoms with Gasteiger partial charge < -0.3 is 35.7 Å². The second-order valence-corrected chi connectivity index (χ2v) is 15.2. The Hall–Kier alpha value is -5.28. The number of aryl methyl sites for hydroxylation is 2. The second kappa shape index (κ2) is 14.0. The Morgan fingerprint density at radius 1 is 0.788 bits per heavy atom. The van der Waals surface area contributed by atoms with Gasteiger partial charge in [0.05, 0.1) is 11.2 Å². The van der Waals surface area contributed by atoms with Crippen molar-refractivity contribution in [3.05, 3.63) is 117 Å². The molecule has 0 spiro atoms. The van der Waals surface area contributed by atoms with Crippen LogP contribution in [0.1, 0.15) is 118 Å². The van der Waals surface area contributed by atoms with Crippen molar-refractivity contribution in [2.24, 2.45) is 5.92 Å². The van der Waals surface area contributed by atoms with E-state index in [1.54, 1.807) is 32.0 Å². The maximum Gasteiger partial charge on any atom is 0.167 e. The Bertz CT molecular complexity index is 2090. The normalized spacial score (nSPS) is 20.3. The fraction of sp³-hybridized carbons (Fsp3) is 0.349. The van der Waals surface area contributed by atoms with Crippen LogP contribution in [0.3, 0.4) is 0 Å². The van der Waals surface area contributed by atoms with E-state index in [0.29, 0.717) is 47.9 Å². The van der Waals surface area contributed by atoms with Crippen LogP contribution in [0, 0.1) is 19.8 Å². The lowest BCUT2D eigenvalue weighted by Gasteiger charge is -2.39. The van der Waals surface area contributed by atoms with Crippen molar-refractivity contribution in [1.82, 2.24) is 0 Å². The molecule has 9 nitrogen and oxygen atoms in total. The third-order valence-corrected chi connectivity index (χ3v) is 10.7. The van der Waals surface area contributed by atoms with Crippen molar-refractivity contribution in [3.63, 3.8) is 0 Å². The molecule has 2 aliphatic rings. The summed E-state index contributed by atoms with van der Waals surface area (Å²) in [7, 11) is 0. The number of carbonyl (C=O) groups excluding carboxylic acids is 2. The molecule has 6 rings (SSSR count). The molecule has 2 aliphatic carbocycles. The Morgan fingerprint density at radius 3 is 2.06 bits per heavy atom. The molecule has 0 fully saturated rings. The largest absolute Gasteiger partial charge is 0.508 e. The van der Waals surface area contributed by atoms with E-state index in [1.165, 1.54) is 30.3 Å². The first-order valence-electron chi connectivity index (χ1n) is 17.7. The summed E-state index contributed by atoms with van der Waals surface area (Å²) in [5, 5.41) is 76.0. The average molecular weight is 707 g/mol. The van der Waals surface area contributed by atoms with E-state index in [9.17, 15) is 45.3 Å². The van der Waals surface area contributed by atoms with Gasteiger partial charge >= 0.3 is 0 Å². The lowest BCUT2D eigenvalue weighted by molar-refractivity contribution is 0.0688. The summed E-state index contributed by atoms with van der Waals surface area (Å²) in [6.45, 7) is 7.24. The zero-order valence-corrected chi connectivity index (χ0v) is 29.8. The number of ketones is 2. The fourth-order valence-corrected chi connectivity index (χ4v) is 8.33. The van der Waals surface area contributed by atoms with E-state index in [2.05, 4.69) is 0 Å². The minimum absolute atomic E-state index is 0.0316. The number of benzene rings is 4. The van der Waals surface area contributed by atoms with Crippen LogP contribution in [-0.2, 0) is 6.42 Å². The lowest BCUT2D eigenvalue weighted by atomic mass is 9.64. The number of aromatic hydroxyl groups is 6. The van der Waals surface area contributed by atoms with Gasteiger partial charge in [0.15, 0.2) is 11.6 Å². The highest BCUT2D eigenvalue weighted by Crippen LogP contribution is 2.55. The van der Waals surface area contributed by atoms with Crippen molar-refractivity contribution in [2.45, 2.75) is 89.6 Å². The molecule has 4 aromatic rings. The molecular weight excluding hydrogens is 660 g/mol. The van der Waals surface area contributed by atoms with Crippen molar-refractivity contribution >= 4 is 11.6 Å². The van der Waals surface area contributed by atoms with E-state index in [1.807, 2.05) is 32.1 Å². The summed E-state index contributed by atoms with van der Waals surface area (Å²) in [4.78, 5) is 28.8. The average Bonchev–Trinajstić information content (AvgIpc) is 3.03. The Balaban J connectivity index is 1.52. The zero-order chi connectivity index (χ0) is 37.6.